The molecule has 0 unspecified atom stereocenters. The van der Waals surface area contributed by atoms with Crippen LogP contribution in [0.25, 0.3) is 11.4 Å². The van der Waals surface area contributed by atoms with Crippen LogP contribution in [0.4, 0.5) is 4.39 Å². The average Bonchev–Trinajstić information content (AvgIpc) is 3.19. The lowest BCUT2D eigenvalue weighted by Crippen LogP contribution is -2.30. The van der Waals surface area contributed by atoms with E-state index in [4.69, 9.17) is 9.47 Å². The maximum Gasteiger partial charge on any atom is 0.140 e. The van der Waals surface area contributed by atoms with Gasteiger partial charge in [-0.2, -0.15) is 0 Å². The fourth-order valence-corrected chi connectivity index (χ4v) is 3.32. The molecule has 0 amide bonds. The Labute approximate surface area is 127 Å². The second kappa shape index (κ2) is 5.15. The summed E-state index contributed by atoms with van der Waals surface area (Å²) in [6.07, 6.45) is 2.46. The van der Waals surface area contributed by atoms with Crippen molar-refractivity contribution in [3.05, 3.63) is 42.0 Å². The molecule has 5 nitrogen and oxygen atoms in total. The molecule has 4 rings (SSSR count). The van der Waals surface area contributed by atoms with Crippen LogP contribution < -0.4 is 0 Å². The van der Waals surface area contributed by atoms with Crippen LogP contribution >= 0.6 is 0 Å². The van der Waals surface area contributed by atoms with Gasteiger partial charge in [0.2, 0.25) is 0 Å². The zero-order valence-corrected chi connectivity index (χ0v) is 12.1. The van der Waals surface area contributed by atoms with Crippen molar-refractivity contribution in [1.82, 2.24) is 9.55 Å². The number of hydrogen-bond acceptors (Lipinski definition) is 4. The minimum atomic E-state index is -0.585. The molecule has 1 N–H and O–H groups in total. The van der Waals surface area contributed by atoms with Crippen molar-refractivity contribution >= 4 is 0 Å². The van der Waals surface area contributed by atoms with Gasteiger partial charge in [-0.3, -0.25) is 0 Å². The van der Waals surface area contributed by atoms with Crippen molar-refractivity contribution in [1.29, 1.82) is 0 Å². The third-order valence-electron chi connectivity index (χ3n) is 4.47. The second-order valence-corrected chi connectivity index (χ2v) is 5.85. The third-order valence-corrected chi connectivity index (χ3v) is 4.47. The molecule has 2 aliphatic rings. The molecule has 0 saturated carbocycles. The standard InChI is InChI=1S/C16H17FN2O3/c1-9-2-3-10(17)6-11(9)16-18-4-5-19(16)12-7-21-15-13(20)8-22-14(12)15/h2-6,12-15,20H,7-8H2,1H3/t12-,13-,14-,15-/m1/s1. The second-order valence-electron chi connectivity index (χ2n) is 5.85. The minimum absolute atomic E-state index is 0.0673. The molecule has 0 aliphatic carbocycles. The summed E-state index contributed by atoms with van der Waals surface area (Å²) in [4.78, 5) is 4.39. The highest BCUT2D eigenvalue weighted by atomic mass is 19.1. The molecule has 2 fully saturated rings. The number of halogens is 1. The van der Waals surface area contributed by atoms with E-state index >= 15 is 0 Å². The smallest absolute Gasteiger partial charge is 0.140 e. The number of nitrogens with zero attached hydrogens (tertiary/aromatic N) is 2. The van der Waals surface area contributed by atoms with E-state index in [1.165, 1.54) is 12.1 Å². The van der Waals surface area contributed by atoms with Crippen LogP contribution in [0.2, 0.25) is 0 Å². The fourth-order valence-electron chi connectivity index (χ4n) is 3.32. The molecule has 2 aliphatic heterocycles. The molecular weight excluding hydrogens is 287 g/mol. The van der Waals surface area contributed by atoms with E-state index in [1.54, 1.807) is 12.3 Å². The number of aromatic nitrogens is 2. The molecule has 6 heteroatoms. The number of aliphatic hydroxyl groups excluding tert-OH is 1. The number of aliphatic hydroxyl groups is 1. The molecule has 2 saturated heterocycles. The van der Waals surface area contributed by atoms with E-state index in [9.17, 15) is 9.50 Å². The number of ether oxygens (including phenoxy) is 2. The first-order valence-electron chi connectivity index (χ1n) is 7.36. The quantitative estimate of drug-likeness (QED) is 0.917. The first-order valence-corrected chi connectivity index (χ1v) is 7.36. The summed E-state index contributed by atoms with van der Waals surface area (Å²) in [5.74, 6) is 0.402. The van der Waals surface area contributed by atoms with Crippen LogP contribution in [0.1, 0.15) is 11.6 Å². The summed E-state index contributed by atoms with van der Waals surface area (Å²) >= 11 is 0. The Morgan fingerprint density at radius 1 is 1.27 bits per heavy atom. The van der Waals surface area contributed by atoms with Crippen LogP contribution in [0.3, 0.4) is 0 Å². The molecule has 4 atom stereocenters. The molecule has 116 valence electrons. The van der Waals surface area contributed by atoms with Crippen LogP contribution in [0.5, 0.6) is 0 Å². The fraction of sp³-hybridized carbons (Fsp3) is 0.438. The van der Waals surface area contributed by atoms with Crippen LogP contribution in [-0.2, 0) is 9.47 Å². The highest BCUT2D eigenvalue weighted by Crippen LogP contribution is 2.36. The molecule has 0 radical (unpaired) electrons. The monoisotopic (exact) mass is 304 g/mol. The van der Waals surface area contributed by atoms with Crippen LogP contribution in [-0.4, -0.2) is 46.2 Å². The van der Waals surface area contributed by atoms with Crippen LogP contribution in [0.15, 0.2) is 30.6 Å². The predicted molar refractivity (Wildman–Crippen MR) is 76.9 cm³/mol. The maximum atomic E-state index is 13.6. The molecule has 3 heterocycles. The Bertz CT molecular complexity index is 702. The lowest BCUT2D eigenvalue weighted by Gasteiger charge is -2.20. The Morgan fingerprint density at radius 3 is 2.95 bits per heavy atom. The van der Waals surface area contributed by atoms with Gasteiger partial charge in [0, 0.05) is 18.0 Å². The van der Waals surface area contributed by atoms with Crippen molar-refractivity contribution in [2.75, 3.05) is 13.2 Å². The van der Waals surface area contributed by atoms with Gasteiger partial charge in [-0.1, -0.05) is 6.07 Å². The van der Waals surface area contributed by atoms with Gasteiger partial charge in [-0.15, -0.1) is 0 Å². The predicted octanol–water partition coefficient (Wildman–Crippen LogP) is 1.70. The van der Waals surface area contributed by atoms with Gasteiger partial charge < -0.3 is 19.1 Å². The number of fused-ring (bicyclic) bond motifs is 1. The van der Waals surface area contributed by atoms with E-state index in [0.717, 1.165) is 11.1 Å². The third kappa shape index (κ3) is 2.06. The molecule has 0 bridgehead atoms. The molecule has 22 heavy (non-hydrogen) atoms. The zero-order valence-electron chi connectivity index (χ0n) is 12.1. The largest absolute Gasteiger partial charge is 0.388 e. The summed E-state index contributed by atoms with van der Waals surface area (Å²) in [6, 6.07) is 4.61. The highest BCUT2D eigenvalue weighted by molar-refractivity contribution is 5.60. The average molecular weight is 304 g/mol. The molecule has 1 aromatic carbocycles. The van der Waals surface area contributed by atoms with E-state index in [1.807, 2.05) is 17.7 Å². The minimum Gasteiger partial charge on any atom is -0.388 e. The van der Waals surface area contributed by atoms with Gasteiger partial charge in [0.15, 0.2) is 0 Å². The Morgan fingerprint density at radius 2 is 2.09 bits per heavy atom. The summed E-state index contributed by atoms with van der Waals surface area (Å²) in [5, 5.41) is 9.86. The van der Waals surface area contributed by atoms with Gasteiger partial charge in [0.1, 0.15) is 30.0 Å². The van der Waals surface area contributed by atoms with Crippen molar-refractivity contribution in [3.8, 4) is 11.4 Å². The van der Waals surface area contributed by atoms with E-state index in [-0.39, 0.29) is 30.7 Å². The lowest BCUT2D eigenvalue weighted by molar-refractivity contribution is 0.0172. The van der Waals surface area contributed by atoms with Gasteiger partial charge >= 0.3 is 0 Å². The van der Waals surface area contributed by atoms with Gasteiger partial charge in [-0.05, 0) is 24.6 Å². The number of hydrogen-bond donors (Lipinski definition) is 1. The highest BCUT2D eigenvalue weighted by Gasteiger charge is 2.48. The normalized spacial score (nSPS) is 30.7. The topological polar surface area (TPSA) is 56.5 Å². The Balaban J connectivity index is 1.73. The van der Waals surface area contributed by atoms with E-state index < -0.39 is 6.10 Å². The van der Waals surface area contributed by atoms with Crippen molar-refractivity contribution in [3.63, 3.8) is 0 Å². The summed E-state index contributed by atoms with van der Waals surface area (Å²) in [5.41, 5.74) is 1.71. The molecular formula is C16H17FN2O3. The van der Waals surface area contributed by atoms with Crippen molar-refractivity contribution < 1.29 is 19.0 Å². The van der Waals surface area contributed by atoms with E-state index in [2.05, 4.69) is 4.98 Å². The molecule has 2 aromatic rings. The van der Waals surface area contributed by atoms with Gasteiger partial charge in [-0.25, -0.2) is 9.37 Å². The summed E-state index contributed by atoms with van der Waals surface area (Å²) < 4.78 is 26.9. The van der Waals surface area contributed by atoms with E-state index in [0.29, 0.717) is 12.4 Å². The Kier molecular flexibility index (Phi) is 3.25. The van der Waals surface area contributed by atoms with Gasteiger partial charge in [0.05, 0.1) is 19.3 Å². The molecule has 0 spiro atoms. The zero-order chi connectivity index (χ0) is 15.3. The van der Waals surface area contributed by atoms with Crippen LogP contribution in [0, 0.1) is 12.7 Å². The number of benzene rings is 1. The maximum absolute atomic E-state index is 13.6. The number of aryl methyl sites for hydroxylation is 1. The van der Waals surface area contributed by atoms with Gasteiger partial charge in [0.25, 0.3) is 0 Å². The van der Waals surface area contributed by atoms with Crippen molar-refractivity contribution in [2.45, 2.75) is 31.3 Å². The van der Waals surface area contributed by atoms with Crippen molar-refractivity contribution in [2.24, 2.45) is 0 Å². The molecule has 1 aromatic heterocycles. The number of rotatable bonds is 2. The summed E-state index contributed by atoms with van der Waals surface area (Å²) in [7, 11) is 0. The lowest BCUT2D eigenvalue weighted by atomic mass is 10.1. The SMILES string of the molecule is Cc1ccc(F)cc1-c1nccn1[C@@H]1CO[C@H]2[C@@H]1OC[C@H]2O. The number of imidazole rings is 1. The summed E-state index contributed by atoms with van der Waals surface area (Å²) in [6.45, 7) is 2.66. The first-order chi connectivity index (χ1) is 10.6. The first kappa shape index (κ1) is 13.9. The Hall–Kier alpha value is -1.76.